The molecular formula is C12H14FN3O4. The number of oxime groups is 1. The van der Waals surface area contributed by atoms with Gasteiger partial charge in [0.15, 0.2) is 11.9 Å². The zero-order valence-corrected chi connectivity index (χ0v) is 10.5. The normalized spacial score (nSPS) is 19.6. The fourth-order valence-corrected chi connectivity index (χ4v) is 1.72. The van der Waals surface area contributed by atoms with Gasteiger partial charge in [-0.2, -0.15) is 0 Å². The van der Waals surface area contributed by atoms with E-state index in [0.717, 1.165) is 6.07 Å². The van der Waals surface area contributed by atoms with Crippen LogP contribution in [0, 0.1) is 5.82 Å². The Kier molecular flexibility index (Phi) is 4.49. The number of nitrogens with one attached hydrogen (secondary N) is 1. The smallest absolute Gasteiger partial charge is 0.255 e. The molecule has 108 valence electrons. The Morgan fingerprint density at radius 2 is 2.30 bits per heavy atom. The molecule has 0 saturated carbocycles. The van der Waals surface area contributed by atoms with Crippen LogP contribution in [0.4, 0.5) is 10.1 Å². The Labute approximate surface area is 114 Å². The molecule has 8 heteroatoms. The van der Waals surface area contributed by atoms with Crippen LogP contribution in [-0.4, -0.2) is 42.9 Å². The second kappa shape index (κ2) is 6.31. The molecule has 7 nitrogen and oxygen atoms in total. The Balaban J connectivity index is 2.11. The standard InChI is InChI=1S/C12H14FN3O4/c13-9-2-1-7(5-8(9)11(14)16-18)15-12(17)10-6-19-3-4-20-10/h1-2,5,10,18H,3-4,6H2,(H2,14,16)(H,15,17). The first-order valence-electron chi connectivity index (χ1n) is 5.89. The molecule has 0 aromatic heterocycles. The van der Waals surface area contributed by atoms with Gasteiger partial charge in [0.25, 0.3) is 5.91 Å². The van der Waals surface area contributed by atoms with E-state index in [0.29, 0.717) is 18.9 Å². The fourth-order valence-electron chi connectivity index (χ4n) is 1.72. The van der Waals surface area contributed by atoms with Gasteiger partial charge in [-0.05, 0) is 18.2 Å². The topological polar surface area (TPSA) is 106 Å². The molecule has 1 aromatic carbocycles. The summed E-state index contributed by atoms with van der Waals surface area (Å²) in [7, 11) is 0. The highest BCUT2D eigenvalue weighted by molar-refractivity contribution is 6.00. The number of carbonyl (C=O) groups excluding carboxylic acids is 1. The number of ether oxygens (including phenoxy) is 2. The number of nitrogens with two attached hydrogens (primary N) is 1. The van der Waals surface area contributed by atoms with Crippen molar-refractivity contribution in [1.82, 2.24) is 0 Å². The van der Waals surface area contributed by atoms with Crippen LogP contribution in [0.25, 0.3) is 0 Å². The first kappa shape index (κ1) is 14.2. The molecular weight excluding hydrogens is 269 g/mol. The van der Waals surface area contributed by atoms with Crippen molar-refractivity contribution in [2.24, 2.45) is 10.9 Å². The third-order valence-corrected chi connectivity index (χ3v) is 2.73. The van der Waals surface area contributed by atoms with Gasteiger partial charge in [-0.15, -0.1) is 0 Å². The summed E-state index contributed by atoms with van der Waals surface area (Å²) < 4.78 is 23.8. The molecule has 1 saturated heterocycles. The molecule has 20 heavy (non-hydrogen) atoms. The molecule has 0 spiro atoms. The number of hydrogen-bond donors (Lipinski definition) is 3. The molecule has 1 aromatic rings. The highest BCUT2D eigenvalue weighted by atomic mass is 19.1. The number of anilines is 1. The van der Waals surface area contributed by atoms with E-state index in [4.69, 9.17) is 20.4 Å². The lowest BCUT2D eigenvalue weighted by molar-refractivity contribution is -0.142. The van der Waals surface area contributed by atoms with Crippen molar-refractivity contribution >= 4 is 17.4 Å². The maximum Gasteiger partial charge on any atom is 0.255 e. The van der Waals surface area contributed by atoms with Crippen LogP contribution >= 0.6 is 0 Å². The number of carbonyl (C=O) groups is 1. The summed E-state index contributed by atoms with van der Waals surface area (Å²) in [6.45, 7) is 0.963. The van der Waals surface area contributed by atoms with Crippen LogP contribution in [0.2, 0.25) is 0 Å². The van der Waals surface area contributed by atoms with Crippen molar-refractivity contribution in [3.8, 4) is 0 Å². The van der Waals surface area contributed by atoms with Gasteiger partial charge in [-0.25, -0.2) is 4.39 Å². The lowest BCUT2D eigenvalue weighted by atomic mass is 10.1. The second-order valence-corrected chi connectivity index (χ2v) is 4.10. The number of amidine groups is 1. The monoisotopic (exact) mass is 283 g/mol. The zero-order chi connectivity index (χ0) is 14.5. The minimum Gasteiger partial charge on any atom is -0.409 e. The summed E-state index contributed by atoms with van der Waals surface area (Å²) in [6.07, 6.45) is -0.707. The lowest BCUT2D eigenvalue weighted by Crippen LogP contribution is -2.39. The van der Waals surface area contributed by atoms with E-state index in [9.17, 15) is 9.18 Å². The number of benzene rings is 1. The van der Waals surface area contributed by atoms with Crippen molar-refractivity contribution in [3.05, 3.63) is 29.6 Å². The number of nitrogens with zero attached hydrogens (tertiary/aromatic N) is 1. The van der Waals surface area contributed by atoms with E-state index >= 15 is 0 Å². The summed E-state index contributed by atoms with van der Waals surface area (Å²) in [5.41, 5.74) is 5.55. The van der Waals surface area contributed by atoms with Gasteiger partial charge in [-0.1, -0.05) is 5.16 Å². The average molecular weight is 283 g/mol. The zero-order valence-electron chi connectivity index (χ0n) is 10.5. The Morgan fingerprint density at radius 1 is 1.50 bits per heavy atom. The summed E-state index contributed by atoms with van der Waals surface area (Å²) >= 11 is 0. The quantitative estimate of drug-likeness (QED) is 0.319. The molecule has 2 rings (SSSR count). The molecule has 1 aliphatic rings. The van der Waals surface area contributed by atoms with E-state index in [1.807, 2.05) is 0 Å². The van der Waals surface area contributed by atoms with E-state index < -0.39 is 17.8 Å². The second-order valence-electron chi connectivity index (χ2n) is 4.10. The van der Waals surface area contributed by atoms with Crippen LogP contribution in [0.5, 0.6) is 0 Å². The van der Waals surface area contributed by atoms with Crippen LogP contribution < -0.4 is 11.1 Å². The van der Waals surface area contributed by atoms with E-state index in [1.54, 1.807) is 0 Å². The van der Waals surface area contributed by atoms with E-state index in [1.165, 1.54) is 12.1 Å². The summed E-state index contributed by atoms with van der Waals surface area (Å²) in [5, 5.41) is 13.8. The average Bonchev–Trinajstić information content (AvgIpc) is 2.49. The van der Waals surface area contributed by atoms with Crippen LogP contribution in [0.15, 0.2) is 23.4 Å². The van der Waals surface area contributed by atoms with E-state index in [2.05, 4.69) is 10.5 Å². The molecule has 1 amide bonds. The van der Waals surface area contributed by atoms with Gasteiger partial charge in [0, 0.05) is 5.69 Å². The summed E-state index contributed by atoms with van der Waals surface area (Å²) in [5.74, 6) is -1.44. The minimum absolute atomic E-state index is 0.105. The predicted octanol–water partition coefficient (Wildman–Crippen LogP) is 0.274. The highest BCUT2D eigenvalue weighted by Crippen LogP contribution is 2.15. The van der Waals surface area contributed by atoms with Gasteiger partial charge < -0.3 is 25.7 Å². The molecule has 0 bridgehead atoms. The van der Waals surface area contributed by atoms with Crippen molar-refractivity contribution in [1.29, 1.82) is 0 Å². The molecule has 4 N–H and O–H groups in total. The third kappa shape index (κ3) is 3.22. The van der Waals surface area contributed by atoms with Gasteiger partial charge in [0.1, 0.15) is 5.82 Å². The van der Waals surface area contributed by atoms with Gasteiger partial charge in [0.05, 0.1) is 25.4 Å². The van der Waals surface area contributed by atoms with Crippen molar-refractivity contribution in [3.63, 3.8) is 0 Å². The first-order valence-corrected chi connectivity index (χ1v) is 5.89. The first-order chi connectivity index (χ1) is 9.61. The van der Waals surface area contributed by atoms with Crippen molar-refractivity contribution in [2.45, 2.75) is 6.10 Å². The van der Waals surface area contributed by atoms with Crippen LogP contribution in [0.3, 0.4) is 0 Å². The lowest BCUT2D eigenvalue weighted by Gasteiger charge is -2.22. The minimum atomic E-state index is -0.707. The highest BCUT2D eigenvalue weighted by Gasteiger charge is 2.23. The van der Waals surface area contributed by atoms with Gasteiger partial charge in [-0.3, -0.25) is 4.79 Å². The molecule has 0 aliphatic carbocycles. The molecule has 1 aliphatic heterocycles. The van der Waals surface area contributed by atoms with Gasteiger partial charge >= 0.3 is 0 Å². The Morgan fingerprint density at radius 3 is 2.95 bits per heavy atom. The fraction of sp³-hybridized carbons (Fsp3) is 0.333. The summed E-state index contributed by atoms with van der Waals surface area (Å²) in [4.78, 5) is 11.9. The number of rotatable bonds is 3. The maximum absolute atomic E-state index is 13.5. The SMILES string of the molecule is NC(=NO)c1cc(NC(=O)C2COCCO2)ccc1F. The van der Waals surface area contributed by atoms with Crippen LogP contribution in [-0.2, 0) is 14.3 Å². The van der Waals surface area contributed by atoms with Crippen molar-refractivity contribution in [2.75, 3.05) is 25.1 Å². The largest absolute Gasteiger partial charge is 0.409 e. The third-order valence-electron chi connectivity index (χ3n) is 2.73. The number of amides is 1. The van der Waals surface area contributed by atoms with E-state index in [-0.39, 0.29) is 18.0 Å². The Bertz CT molecular complexity index is 529. The molecule has 1 atom stereocenters. The number of hydrogen-bond acceptors (Lipinski definition) is 5. The van der Waals surface area contributed by atoms with Crippen LogP contribution in [0.1, 0.15) is 5.56 Å². The predicted molar refractivity (Wildman–Crippen MR) is 68.1 cm³/mol. The molecule has 1 heterocycles. The Hall–Kier alpha value is -2.19. The summed E-state index contributed by atoms with van der Waals surface area (Å²) in [6, 6.07) is 3.75. The number of halogens is 1. The maximum atomic E-state index is 13.5. The molecule has 0 radical (unpaired) electrons. The van der Waals surface area contributed by atoms with Gasteiger partial charge in [0.2, 0.25) is 0 Å². The van der Waals surface area contributed by atoms with Crippen molar-refractivity contribution < 1.29 is 23.9 Å². The molecule has 1 fully saturated rings. The molecule has 1 unspecified atom stereocenters.